The van der Waals surface area contributed by atoms with Crippen LogP contribution in [0, 0.1) is 5.82 Å². The predicted octanol–water partition coefficient (Wildman–Crippen LogP) is 4.19. The second-order valence-corrected chi connectivity index (χ2v) is 9.25. The molecule has 0 saturated carbocycles. The topological polar surface area (TPSA) is 72.7 Å². The molecule has 2 aromatic carbocycles. The van der Waals surface area contributed by atoms with Crippen molar-refractivity contribution in [1.29, 1.82) is 0 Å². The highest BCUT2D eigenvalue weighted by atomic mass is 32.2. The molecule has 1 amide bonds. The van der Waals surface area contributed by atoms with Crippen LogP contribution in [0.15, 0.2) is 66.3 Å². The van der Waals surface area contributed by atoms with Gasteiger partial charge < -0.3 is 19.3 Å². The predicted molar refractivity (Wildman–Crippen MR) is 138 cm³/mol. The van der Waals surface area contributed by atoms with Crippen LogP contribution >= 0.6 is 11.8 Å². The van der Waals surface area contributed by atoms with Crippen LogP contribution in [-0.2, 0) is 11.3 Å². The Morgan fingerprint density at radius 3 is 2.56 bits per heavy atom. The van der Waals surface area contributed by atoms with Gasteiger partial charge in [0, 0.05) is 44.5 Å². The molecule has 190 valence electrons. The summed E-state index contributed by atoms with van der Waals surface area (Å²) >= 11 is 1.36. The zero-order valence-electron chi connectivity index (χ0n) is 20.5. The molecule has 36 heavy (non-hydrogen) atoms. The van der Waals surface area contributed by atoms with Gasteiger partial charge in [-0.1, -0.05) is 23.9 Å². The van der Waals surface area contributed by atoms with Crippen molar-refractivity contribution in [3.05, 3.63) is 72.8 Å². The molecular formula is C26H30FN5O3S. The molecule has 1 aromatic heterocycles. The maximum atomic E-state index is 13.2. The first-order valence-corrected chi connectivity index (χ1v) is 12.7. The summed E-state index contributed by atoms with van der Waals surface area (Å²) in [5, 5.41) is 9.31. The number of nitrogens with zero attached hydrogens (tertiary/aromatic N) is 5. The summed E-state index contributed by atoms with van der Waals surface area (Å²) in [5.74, 6) is 2.09. The zero-order valence-corrected chi connectivity index (χ0v) is 21.3. The van der Waals surface area contributed by atoms with Gasteiger partial charge in [0.1, 0.15) is 17.3 Å². The van der Waals surface area contributed by atoms with Crippen molar-refractivity contribution in [2.24, 2.45) is 0 Å². The molecule has 0 radical (unpaired) electrons. The number of benzene rings is 2. The number of allylic oxidation sites excluding steroid dienone is 1. The van der Waals surface area contributed by atoms with Crippen molar-refractivity contribution < 1.29 is 18.7 Å². The van der Waals surface area contributed by atoms with Crippen molar-refractivity contribution >= 4 is 23.4 Å². The number of aromatic nitrogens is 3. The van der Waals surface area contributed by atoms with Gasteiger partial charge in [-0.15, -0.1) is 16.8 Å². The highest BCUT2D eigenvalue weighted by Crippen LogP contribution is 2.27. The Morgan fingerprint density at radius 2 is 1.86 bits per heavy atom. The smallest absolute Gasteiger partial charge is 0.233 e. The summed E-state index contributed by atoms with van der Waals surface area (Å²) in [6, 6.07) is 13.8. The molecule has 8 nitrogen and oxygen atoms in total. The lowest BCUT2D eigenvalue weighted by Crippen LogP contribution is -2.49. The van der Waals surface area contributed by atoms with Crippen molar-refractivity contribution in [2.75, 3.05) is 43.9 Å². The van der Waals surface area contributed by atoms with Crippen molar-refractivity contribution in [3.8, 4) is 11.5 Å². The number of rotatable bonds is 10. The molecule has 2 heterocycles. The summed E-state index contributed by atoms with van der Waals surface area (Å²) in [7, 11) is 1.61. The largest absolute Gasteiger partial charge is 0.497 e. The van der Waals surface area contributed by atoms with Crippen molar-refractivity contribution in [3.63, 3.8) is 0 Å². The number of hydrogen-bond acceptors (Lipinski definition) is 7. The molecule has 1 saturated heterocycles. The number of carbonyl (C=O) groups is 1. The summed E-state index contributed by atoms with van der Waals surface area (Å²) in [6.07, 6.45) is 1.40. The van der Waals surface area contributed by atoms with E-state index in [-0.39, 0.29) is 23.6 Å². The molecule has 0 spiro atoms. The Hall–Kier alpha value is -3.53. The minimum Gasteiger partial charge on any atom is -0.497 e. The number of thioether (sulfide) groups is 1. The molecule has 1 unspecified atom stereocenters. The van der Waals surface area contributed by atoms with Gasteiger partial charge in [-0.3, -0.25) is 9.36 Å². The second kappa shape index (κ2) is 11.9. The molecule has 0 aliphatic carbocycles. The second-order valence-electron chi connectivity index (χ2n) is 8.31. The lowest BCUT2D eigenvalue weighted by Gasteiger charge is -2.36. The van der Waals surface area contributed by atoms with Crippen molar-refractivity contribution in [2.45, 2.75) is 24.7 Å². The van der Waals surface area contributed by atoms with Crippen LogP contribution in [-0.4, -0.2) is 64.6 Å². The van der Waals surface area contributed by atoms with Gasteiger partial charge in [-0.05, 0) is 43.3 Å². The Morgan fingerprint density at radius 1 is 1.14 bits per heavy atom. The lowest BCUT2D eigenvalue weighted by molar-refractivity contribution is -0.128. The molecule has 0 bridgehead atoms. The number of piperazine rings is 1. The summed E-state index contributed by atoms with van der Waals surface area (Å²) in [6.45, 7) is 8.90. The monoisotopic (exact) mass is 511 g/mol. The molecule has 4 rings (SSSR count). The summed E-state index contributed by atoms with van der Waals surface area (Å²) < 4.78 is 26.4. The van der Waals surface area contributed by atoms with Gasteiger partial charge in [0.25, 0.3) is 0 Å². The standard InChI is InChI=1S/C26H30FN5O3S/c1-4-12-32-25(19(2)35-23-7-5-6-22(17-23)34-3)28-29-26(32)36-18-24(33)31-15-13-30(14-16-31)21-10-8-20(27)9-11-21/h4-11,17,19H,1,12-16,18H2,2-3H3. The molecule has 1 aliphatic heterocycles. The minimum atomic E-state index is -0.367. The number of methoxy groups -OCH3 is 1. The third kappa shape index (κ3) is 6.17. The van der Waals surface area contributed by atoms with Gasteiger partial charge in [-0.25, -0.2) is 4.39 Å². The molecule has 1 fully saturated rings. The van der Waals surface area contributed by atoms with E-state index in [0.717, 1.165) is 5.69 Å². The first kappa shape index (κ1) is 25.6. The van der Waals surface area contributed by atoms with Crippen molar-refractivity contribution in [1.82, 2.24) is 19.7 Å². The maximum absolute atomic E-state index is 13.2. The van der Waals surface area contributed by atoms with E-state index in [1.165, 1.54) is 23.9 Å². The van der Waals surface area contributed by atoms with Gasteiger partial charge in [0.15, 0.2) is 17.1 Å². The highest BCUT2D eigenvalue weighted by molar-refractivity contribution is 7.99. The maximum Gasteiger partial charge on any atom is 0.233 e. The summed E-state index contributed by atoms with van der Waals surface area (Å²) in [5.41, 5.74) is 0.966. The SMILES string of the molecule is C=CCn1c(SCC(=O)N2CCN(c3ccc(F)cc3)CC2)nnc1C(C)Oc1cccc(OC)c1. The number of ether oxygens (including phenoxy) is 2. The molecule has 1 aliphatic rings. The first-order chi connectivity index (χ1) is 17.5. The van der Waals surface area contributed by atoms with E-state index < -0.39 is 0 Å². The normalized spacial score (nSPS) is 14.4. The van der Waals surface area contributed by atoms with Crippen LogP contribution in [0.3, 0.4) is 0 Å². The van der Waals surface area contributed by atoms with E-state index in [9.17, 15) is 9.18 Å². The molecule has 0 N–H and O–H groups in total. The van der Waals surface area contributed by atoms with Crippen LogP contribution in [0.4, 0.5) is 10.1 Å². The Bertz CT molecular complexity index is 1180. The highest BCUT2D eigenvalue weighted by Gasteiger charge is 2.24. The van der Waals surface area contributed by atoms with E-state index >= 15 is 0 Å². The molecular weight excluding hydrogens is 481 g/mol. The lowest BCUT2D eigenvalue weighted by atomic mass is 10.2. The molecule has 1 atom stereocenters. The number of carbonyl (C=O) groups excluding carboxylic acids is 1. The Kier molecular flexibility index (Phi) is 8.48. The Balaban J connectivity index is 1.34. The number of halogens is 1. The number of amides is 1. The van der Waals surface area contributed by atoms with Crippen LogP contribution in [0.25, 0.3) is 0 Å². The number of hydrogen-bond donors (Lipinski definition) is 0. The molecule has 10 heteroatoms. The third-order valence-electron chi connectivity index (χ3n) is 5.92. The van der Waals surface area contributed by atoms with Crippen LogP contribution in [0.1, 0.15) is 18.9 Å². The summed E-state index contributed by atoms with van der Waals surface area (Å²) in [4.78, 5) is 16.9. The quantitative estimate of drug-likeness (QED) is 0.299. The molecule has 3 aromatic rings. The minimum absolute atomic E-state index is 0.0501. The van der Waals surface area contributed by atoms with E-state index in [0.29, 0.717) is 55.2 Å². The van der Waals surface area contributed by atoms with Gasteiger partial charge >= 0.3 is 0 Å². The van der Waals surface area contributed by atoms with Gasteiger partial charge in [0.05, 0.1) is 12.9 Å². The average Bonchev–Trinajstić information content (AvgIpc) is 3.30. The van der Waals surface area contributed by atoms with E-state index in [2.05, 4.69) is 21.7 Å². The zero-order chi connectivity index (χ0) is 25.5. The third-order valence-corrected chi connectivity index (χ3v) is 6.88. The van der Waals surface area contributed by atoms with Gasteiger partial charge in [-0.2, -0.15) is 0 Å². The Labute approximate surface area is 214 Å². The van der Waals surface area contributed by atoms with Gasteiger partial charge in [0.2, 0.25) is 5.91 Å². The van der Waals surface area contributed by atoms with Crippen LogP contribution < -0.4 is 14.4 Å². The van der Waals surface area contributed by atoms with Crippen LogP contribution in [0.2, 0.25) is 0 Å². The van der Waals surface area contributed by atoms with E-state index in [1.807, 2.05) is 40.7 Å². The fourth-order valence-corrected chi connectivity index (χ4v) is 4.88. The van der Waals surface area contributed by atoms with E-state index in [4.69, 9.17) is 9.47 Å². The first-order valence-electron chi connectivity index (χ1n) is 11.7. The van der Waals surface area contributed by atoms with E-state index in [1.54, 1.807) is 25.3 Å². The fourth-order valence-electron chi connectivity index (χ4n) is 4.02. The number of anilines is 1. The average molecular weight is 512 g/mol. The van der Waals surface area contributed by atoms with Crippen LogP contribution in [0.5, 0.6) is 11.5 Å². The fraction of sp³-hybridized carbons (Fsp3) is 0.346.